The first-order valence-electron chi connectivity index (χ1n) is 9.22. The smallest absolute Gasteiger partial charge is 0.349 e. The van der Waals surface area contributed by atoms with E-state index in [0.717, 1.165) is 15.2 Å². The number of esters is 2. The maximum absolute atomic E-state index is 12.1. The van der Waals surface area contributed by atoms with E-state index in [2.05, 4.69) is 15.9 Å². The Hall–Kier alpha value is -2.86. The molecule has 6 heteroatoms. The van der Waals surface area contributed by atoms with Crippen molar-refractivity contribution in [1.29, 1.82) is 0 Å². The Balaban J connectivity index is 1.56. The minimum Gasteiger partial charge on any atom is -0.481 e. The summed E-state index contributed by atoms with van der Waals surface area (Å²) in [6.07, 6.45) is 0. The van der Waals surface area contributed by atoms with E-state index in [1.54, 1.807) is 30.3 Å². The van der Waals surface area contributed by atoms with Gasteiger partial charge < -0.3 is 14.2 Å². The second-order valence-electron chi connectivity index (χ2n) is 6.88. The molecular weight excluding hydrogens is 436 g/mol. The Morgan fingerprint density at radius 1 is 0.966 bits per heavy atom. The first-order chi connectivity index (χ1) is 13.9. The molecule has 0 atom stereocenters. The van der Waals surface area contributed by atoms with Gasteiger partial charge in [0.05, 0.1) is 16.6 Å². The molecular formula is C23H21BrO5. The van der Waals surface area contributed by atoms with E-state index < -0.39 is 11.9 Å². The average molecular weight is 457 g/mol. The lowest BCUT2D eigenvalue weighted by Crippen LogP contribution is -2.18. The molecule has 0 aliphatic carbocycles. The Bertz CT molecular complexity index is 1010. The lowest BCUT2D eigenvalue weighted by molar-refractivity contribution is -0.136. The van der Waals surface area contributed by atoms with Crippen molar-refractivity contribution in [3.05, 3.63) is 70.7 Å². The van der Waals surface area contributed by atoms with E-state index in [-0.39, 0.29) is 12.5 Å². The predicted molar refractivity (Wildman–Crippen MR) is 114 cm³/mol. The fourth-order valence-electron chi connectivity index (χ4n) is 2.61. The Morgan fingerprint density at radius 3 is 2.41 bits per heavy atom. The highest BCUT2D eigenvalue weighted by molar-refractivity contribution is 9.10. The van der Waals surface area contributed by atoms with Gasteiger partial charge in [-0.1, -0.05) is 44.2 Å². The summed E-state index contributed by atoms with van der Waals surface area (Å²) in [7, 11) is 0. The summed E-state index contributed by atoms with van der Waals surface area (Å²) < 4.78 is 16.8. The molecule has 0 aromatic heterocycles. The van der Waals surface area contributed by atoms with Crippen LogP contribution in [0, 0.1) is 5.92 Å². The fourth-order valence-corrected chi connectivity index (χ4v) is 3.22. The van der Waals surface area contributed by atoms with Gasteiger partial charge in [-0.3, -0.25) is 0 Å². The second kappa shape index (κ2) is 9.56. The average Bonchev–Trinajstić information content (AvgIpc) is 2.72. The molecule has 0 bridgehead atoms. The second-order valence-corrected chi connectivity index (χ2v) is 7.67. The molecule has 3 rings (SSSR count). The SMILES string of the molecule is CC(C)COC(=O)c1ccc(OC(=O)COc2ccc3ccccc3c2Br)cc1. The number of hydrogen-bond acceptors (Lipinski definition) is 5. The standard InChI is InChI=1S/C23H21BrO5/c1-15(2)13-28-23(26)17-7-10-18(11-8-17)29-21(25)14-27-20-12-9-16-5-3-4-6-19(16)22(20)24/h3-12,15H,13-14H2,1-2H3. The van der Waals surface area contributed by atoms with Gasteiger partial charge in [0.2, 0.25) is 0 Å². The van der Waals surface area contributed by atoms with E-state index in [1.807, 2.05) is 44.2 Å². The monoisotopic (exact) mass is 456 g/mol. The molecule has 0 amide bonds. The molecule has 150 valence electrons. The molecule has 0 radical (unpaired) electrons. The maximum atomic E-state index is 12.1. The molecule has 3 aromatic carbocycles. The van der Waals surface area contributed by atoms with Crippen LogP contribution in [0.5, 0.6) is 11.5 Å². The van der Waals surface area contributed by atoms with Gasteiger partial charge >= 0.3 is 11.9 Å². The van der Waals surface area contributed by atoms with Crippen molar-refractivity contribution in [3.63, 3.8) is 0 Å². The zero-order chi connectivity index (χ0) is 20.8. The van der Waals surface area contributed by atoms with Crippen LogP contribution in [0.4, 0.5) is 0 Å². The molecule has 3 aromatic rings. The molecule has 0 aliphatic heterocycles. The third-order valence-corrected chi connectivity index (χ3v) is 4.86. The van der Waals surface area contributed by atoms with Crippen molar-refractivity contribution in [2.75, 3.05) is 13.2 Å². The van der Waals surface area contributed by atoms with E-state index in [4.69, 9.17) is 14.2 Å². The minimum absolute atomic E-state index is 0.241. The Labute approximate surface area is 177 Å². The van der Waals surface area contributed by atoms with E-state index in [0.29, 0.717) is 23.7 Å². The van der Waals surface area contributed by atoms with Gasteiger partial charge in [-0.2, -0.15) is 0 Å². The highest BCUT2D eigenvalue weighted by Crippen LogP contribution is 2.33. The van der Waals surface area contributed by atoms with Crippen LogP contribution in [0.25, 0.3) is 10.8 Å². The molecule has 0 saturated carbocycles. The minimum atomic E-state index is -0.541. The number of benzene rings is 3. The van der Waals surface area contributed by atoms with Crippen molar-refractivity contribution in [2.24, 2.45) is 5.92 Å². The summed E-state index contributed by atoms with van der Waals surface area (Å²) in [5, 5.41) is 2.07. The molecule has 0 unspecified atom stereocenters. The molecule has 29 heavy (non-hydrogen) atoms. The van der Waals surface area contributed by atoms with Crippen molar-refractivity contribution in [1.82, 2.24) is 0 Å². The van der Waals surface area contributed by atoms with Gasteiger partial charge in [-0.05, 0) is 63.0 Å². The Kier molecular flexibility index (Phi) is 6.88. The first-order valence-corrected chi connectivity index (χ1v) is 10.0. The maximum Gasteiger partial charge on any atom is 0.349 e. The van der Waals surface area contributed by atoms with Crippen LogP contribution in [-0.2, 0) is 9.53 Å². The van der Waals surface area contributed by atoms with Crippen LogP contribution in [-0.4, -0.2) is 25.2 Å². The Morgan fingerprint density at radius 2 is 1.69 bits per heavy atom. The quantitative estimate of drug-likeness (QED) is 0.351. The summed E-state index contributed by atoms with van der Waals surface area (Å²) in [6.45, 7) is 4.05. The van der Waals surface area contributed by atoms with Gasteiger partial charge in [-0.15, -0.1) is 0 Å². The molecule has 0 aliphatic rings. The largest absolute Gasteiger partial charge is 0.481 e. The van der Waals surface area contributed by atoms with Gasteiger partial charge in [0, 0.05) is 0 Å². The predicted octanol–water partition coefficient (Wildman–Crippen LogP) is 5.40. The van der Waals surface area contributed by atoms with Crippen LogP contribution in [0.1, 0.15) is 24.2 Å². The summed E-state index contributed by atoms with van der Waals surface area (Å²) >= 11 is 3.52. The number of ether oxygens (including phenoxy) is 3. The van der Waals surface area contributed by atoms with Gasteiger partial charge in [-0.25, -0.2) is 9.59 Å². The van der Waals surface area contributed by atoms with Gasteiger partial charge in [0.1, 0.15) is 11.5 Å². The molecule has 0 saturated heterocycles. The third-order valence-electron chi connectivity index (χ3n) is 4.04. The van der Waals surface area contributed by atoms with Crippen molar-refractivity contribution >= 4 is 38.6 Å². The van der Waals surface area contributed by atoms with Crippen molar-refractivity contribution in [2.45, 2.75) is 13.8 Å². The zero-order valence-corrected chi connectivity index (χ0v) is 17.8. The van der Waals surface area contributed by atoms with Crippen LogP contribution < -0.4 is 9.47 Å². The van der Waals surface area contributed by atoms with Gasteiger partial charge in [0.25, 0.3) is 0 Å². The summed E-state index contributed by atoms with van der Waals surface area (Å²) in [6, 6.07) is 17.8. The van der Waals surface area contributed by atoms with Crippen molar-refractivity contribution < 1.29 is 23.8 Å². The van der Waals surface area contributed by atoms with Crippen LogP contribution >= 0.6 is 15.9 Å². The normalized spacial score (nSPS) is 10.8. The van der Waals surface area contributed by atoms with Gasteiger partial charge in [0.15, 0.2) is 6.61 Å². The lowest BCUT2D eigenvalue weighted by atomic mass is 10.1. The molecule has 5 nitrogen and oxygen atoms in total. The summed E-state index contributed by atoms with van der Waals surface area (Å²) in [4.78, 5) is 24.0. The zero-order valence-electron chi connectivity index (χ0n) is 16.2. The summed E-state index contributed by atoms with van der Waals surface area (Å²) in [5.74, 6) is 0.212. The van der Waals surface area contributed by atoms with Crippen LogP contribution in [0.15, 0.2) is 65.1 Å². The van der Waals surface area contributed by atoms with E-state index >= 15 is 0 Å². The number of carbonyl (C=O) groups excluding carboxylic acids is 2. The number of halogens is 1. The molecule has 0 spiro atoms. The van der Waals surface area contributed by atoms with Crippen molar-refractivity contribution in [3.8, 4) is 11.5 Å². The third kappa shape index (κ3) is 5.57. The van der Waals surface area contributed by atoms with Crippen LogP contribution in [0.3, 0.4) is 0 Å². The lowest BCUT2D eigenvalue weighted by Gasteiger charge is -2.10. The fraction of sp³-hybridized carbons (Fsp3) is 0.217. The van der Waals surface area contributed by atoms with Crippen LogP contribution in [0.2, 0.25) is 0 Å². The highest BCUT2D eigenvalue weighted by atomic mass is 79.9. The summed E-state index contributed by atoms with van der Waals surface area (Å²) in [5.41, 5.74) is 0.404. The molecule has 0 heterocycles. The van der Waals surface area contributed by atoms with E-state index in [9.17, 15) is 9.59 Å². The molecule has 0 N–H and O–H groups in total. The molecule has 0 fully saturated rings. The van der Waals surface area contributed by atoms with E-state index in [1.165, 1.54) is 0 Å². The first kappa shape index (κ1) is 20.9. The number of hydrogen-bond donors (Lipinski definition) is 0. The number of fused-ring (bicyclic) bond motifs is 1. The number of carbonyl (C=O) groups is 2. The highest BCUT2D eigenvalue weighted by Gasteiger charge is 2.12. The number of rotatable bonds is 7. The topological polar surface area (TPSA) is 61.8 Å².